The Morgan fingerprint density at radius 3 is 2.67 bits per heavy atom. The first kappa shape index (κ1) is 16.4. The maximum Gasteiger partial charge on any atom is 0.123 e. The van der Waals surface area contributed by atoms with Crippen LogP contribution >= 0.6 is 27.3 Å². The van der Waals surface area contributed by atoms with E-state index in [1.807, 2.05) is 6.07 Å². The fraction of sp³-hybridized carbons (Fsp3) is 0.333. The Bertz CT molecular complexity index is 547. The maximum absolute atomic E-state index is 12.7. The SMILES string of the molecule is OC(CNCCc1ccc(Br)s1)COc1ccc(F)cc1. The van der Waals surface area contributed by atoms with Gasteiger partial charge >= 0.3 is 0 Å². The molecule has 1 atom stereocenters. The predicted octanol–water partition coefficient (Wildman–Crippen LogP) is 3.22. The zero-order chi connectivity index (χ0) is 15.1. The van der Waals surface area contributed by atoms with Crippen molar-refractivity contribution in [2.45, 2.75) is 12.5 Å². The van der Waals surface area contributed by atoms with Gasteiger partial charge in [0, 0.05) is 18.0 Å². The molecule has 0 radical (unpaired) electrons. The summed E-state index contributed by atoms with van der Waals surface area (Å²) in [7, 11) is 0. The van der Waals surface area contributed by atoms with Crippen molar-refractivity contribution in [2.75, 3.05) is 19.7 Å². The Hall–Kier alpha value is -0.950. The zero-order valence-corrected chi connectivity index (χ0v) is 13.8. The summed E-state index contributed by atoms with van der Waals surface area (Å²) in [5, 5.41) is 13.0. The molecule has 21 heavy (non-hydrogen) atoms. The minimum absolute atomic E-state index is 0.184. The van der Waals surface area contributed by atoms with E-state index >= 15 is 0 Å². The van der Waals surface area contributed by atoms with E-state index in [2.05, 4.69) is 27.3 Å². The van der Waals surface area contributed by atoms with Gasteiger partial charge in [0.2, 0.25) is 0 Å². The van der Waals surface area contributed by atoms with E-state index in [1.54, 1.807) is 23.5 Å². The monoisotopic (exact) mass is 373 g/mol. The van der Waals surface area contributed by atoms with Crippen LogP contribution in [0.5, 0.6) is 5.75 Å². The van der Waals surface area contributed by atoms with Crippen molar-refractivity contribution in [2.24, 2.45) is 0 Å². The largest absolute Gasteiger partial charge is 0.491 e. The summed E-state index contributed by atoms with van der Waals surface area (Å²) in [5.74, 6) is 0.253. The first-order chi connectivity index (χ1) is 10.1. The van der Waals surface area contributed by atoms with Gasteiger partial charge in [-0.25, -0.2) is 4.39 Å². The molecule has 0 aliphatic rings. The molecule has 1 aromatic heterocycles. The lowest BCUT2D eigenvalue weighted by atomic mass is 10.3. The van der Waals surface area contributed by atoms with Gasteiger partial charge in [-0.15, -0.1) is 11.3 Å². The molecule has 0 aliphatic heterocycles. The lowest BCUT2D eigenvalue weighted by Gasteiger charge is -2.13. The molecule has 1 heterocycles. The number of rotatable bonds is 8. The summed E-state index contributed by atoms with van der Waals surface area (Å²) < 4.78 is 19.2. The second-order valence-corrected chi connectivity index (χ2v) is 7.13. The Morgan fingerprint density at radius 1 is 1.24 bits per heavy atom. The molecule has 3 nitrogen and oxygen atoms in total. The third kappa shape index (κ3) is 6.13. The number of ether oxygens (including phenoxy) is 1. The van der Waals surface area contributed by atoms with Crippen LogP contribution in [-0.2, 0) is 6.42 Å². The molecule has 2 aromatic rings. The molecule has 0 spiro atoms. The number of benzene rings is 1. The normalized spacial score (nSPS) is 12.3. The molecule has 0 bridgehead atoms. The first-order valence-corrected chi connectivity index (χ1v) is 8.26. The second-order valence-electron chi connectivity index (χ2n) is 4.58. The van der Waals surface area contributed by atoms with Crippen molar-refractivity contribution in [1.29, 1.82) is 0 Å². The molecule has 0 amide bonds. The van der Waals surface area contributed by atoms with E-state index in [1.165, 1.54) is 17.0 Å². The first-order valence-electron chi connectivity index (χ1n) is 6.65. The van der Waals surface area contributed by atoms with Crippen LogP contribution < -0.4 is 10.1 Å². The Kier molecular flexibility index (Phi) is 6.63. The van der Waals surface area contributed by atoms with E-state index in [0.29, 0.717) is 12.3 Å². The Morgan fingerprint density at radius 2 is 2.00 bits per heavy atom. The molecule has 1 unspecified atom stereocenters. The predicted molar refractivity (Wildman–Crippen MR) is 86.5 cm³/mol. The number of aliphatic hydroxyl groups is 1. The highest BCUT2D eigenvalue weighted by Crippen LogP contribution is 2.22. The van der Waals surface area contributed by atoms with E-state index in [4.69, 9.17) is 4.74 Å². The average Bonchev–Trinajstić information content (AvgIpc) is 2.89. The Labute approximate surface area is 135 Å². The number of nitrogens with one attached hydrogen (secondary N) is 1. The van der Waals surface area contributed by atoms with Gasteiger partial charge in [0.1, 0.15) is 24.3 Å². The maximum atomic E-state index is 12.7. The third-order valence-corrected chi connectivity index (χ3v) is 4.50. The van der Waals surface area contributed by atoms with E-state index < -0.39 is 6.10 Å². The highest BCUT2D eigenvalue weighted by Gasteiger charge is 2.05. The highest BCUT2D eigenvalue weighted by atomic mass is 79.9. The number of hydrogen-bond acceptors (Lipinski definition) is 4. The molecule has 0 aliphatic carbocycles. The van der Waals surface area contributed by atoms with E-state index in [0.717, 1.165) is 16.8 Å². The van der Waals surface area contributed by atoms with Crippen molar-refractivity contribution in [3.63, 3.8) is 0 Å². The molecular weight excluding hydrogens is 357 g/mol. The van der Waals surface area contributed by atoms with Crippen LogP contribution in [0.25, 0.3) is 0 Å². The molecule has 2 N–H and O–H groups in total. The summed E-state index contributed by atoms with van der Waals surface area (Å²) in [6.07, 6.45) is 0.340. The van der Waals surface area contributed by atoms with Gasteiger partial charge in [-0.3, -0.25) is 0 Å². The van der Waals surface area contributed by atoms with E-state index in [-0.39, 0.29) is 12.4 Å². The van der Waals surface area contributed by atoms with Gasteiger partial charge in [-0.1, -0.05) is 0 Å². The standard InChI is InChI=1S/C15H17BrFNO2S/c16-15-6-5-14(21-15)7-8-18-9-12(19)10-20-13-3-1-11(17)2-4-13/h1-6,12,18-19H,7-10H2. The third-order valence-electron chi connectivity index (χ3n) is 2.81. The fourth-order valence-corrected chi connectivity index (χ4v) is 3.23. The highest BCUT2D eigenvalue weighted by molar-refractivity contribution is 9.11. The molecule has 2 rings (SSSR count). The van der Waals surface area contributed by atoms with Crippen LogP contribution in [0.2, 0.25) is 0 Å². The number of halogens is 2. The zero-order valence-electron chi connectivity index (χ0n) is 11.4. The van der Waals surface area contributed by atoms with Crippen molar-refractivity contribution < 1.29 is 14.2 Å². The molecule has 0 saturated carbocycles. The molecule has 0 fully saturated rings. The molecule has 1 aromatic carbocycles. The van der Waals surface area contributed by atoms with Gasteiger partial charge in [0.15, 0.2) is 0 Å². The van der Waals surface area contributed by atoms with Crippen LogP contribution in [0.1, 0.15) is 4.88 Å². The van der Waals surface area contributed by atoms with Gasteiger partial charge in [-0.05, 0) is 58.7 Å². The minimum Gasteiger partial charge on any atom is -0.491 e. The van der Waals surface area contributed by atoms with Crippen LogP contribution in [0.15, 0.2) is 40.2 Å². The van der Waals surface area contributed by atoms with Gasteiger partial charge < -0.3 is 15.2 Å². The fourth-order valence-electron chi connectivity index (χ4n) is 1.75. The van der Waals surface area contributed by atoms with E-state index in [9.17, 15) is 9.50 Å². The molecule has 6 heteroatoms. The topological polar surface area (TPSA) is 41.5 Å². The van der Waals surface area contributed by atoms with Crippen LogP contribution in [0.3, 0.4) is 0 Å². The van der Waals surface area contributed by atoms with Crippen molar-refractivity contribution >= 4 is 27.3 Å². The molecule has 0 saturated heterocycles. The summed E-state index contributed by atoms with van der Waals surface area (Å²) >= 11 is 5.14. The van der Waals surface area contributed by atoms with Crippen molar-refractivity contribution in [1.82, 2.24) is 5.32 Å². The Balaban J connectivity index is 1.59. The van der Waals surface area contributed by atoms with Crippen LogP contribution in [0.4, 0.5) is 4.39 Å². The van der Waals surface area contributed by atoms with Crippen molar-refractivity contribution in [3.05, 3.63) is 50.9 Å². The van der Waals surface area contributed by atoms with Gasteiger partial charge in [-0.2, -0.15) is 0 Å². The summed E-state index contributed by atoms with van der Waals surface area (Å²) in [6, 6.07) is 9.88. The lowest BCUT2D eigenvalue weighted by Crippen LogP contribution is -2.32. The second kappa shape index (κ2) is 8.48. The number of aliphatic hydroxyl groups excluding tert-OH is 1. The van der Waals surface area contributed by atoms with Crippen LogP contribution in [0, 0.1) is 5.82 Å². The summed E-state index contributed by atoms with van der Waals surface area (Å²) in [5.41, 5.74) is 0. The average molecular weight is 374 g/mol. The number of hydrogen-bond donors (Lipinski definition) is 2. The quantitative estimate of drug-likeness (QED) is 0.698. The summed E-state index contributed by atoms with van der Waals surface area (Å²) in [6.45, 7) is 1.46. The molecular formula is C15H17BrFNO2S. The lowest BCUT2D eigenvalue weighted by molar-refractivity contribution is 0.106. The minimum atomic E-state index is -0.592. The summed E-state index contributed by atoms with van der Waals surface area (Å²) in [4.78, 5) is 1.30. The van der Waals surface area contributed by atoms with Gasteiger partial charge in [0.25, 0.3) is 0 Å². The number of thiophene rings is 1. The smallest absolute Gasteiger partial charge is 0.123 e. The molecule has 114 valence electrons. The van der Waals surface area contributed by atoms with Crippen molar-refractivity contribution in [3.8, 4) is 5.75 Å². The van der Waals surface area contributed by atoms with Crippen LogP contribution in [-0.4, -0.2) is 30.9 Å². The van der Waals surface area contributed by atoms with Gasteiger partial charge in [0.05, 0.1) is 3.79 Å².